The van der Waals surface area contributed by atoms with E-state index in [0.717, 1.165) is 5.69 Å². The molecular weight excluding hydrogens is 701 g/mol. The Morgan fingerprint density at radius 3 is 1.41 bits per heavy atom. The molecule has 0 N–H and O–H groups in total. The highest BCUT2D eigenvalue weighted by atomic mass is 15.2. The molecule has 0 amide bonds. The van der Waals surface area contributed by atoms with Crippen LogP contribution in [-0.2, 0) is 5.41 Å². The maximum atomic E-state index is 2.57. The quantitative estimate of drug-likeness (QED) is 0.167. The van der Waals surface area contributed by atoms with Gasteiger partial charge in [0, 0.05) is 44.9 Å². The summed E-state index contributed by atoms with van der Waals surface area (Å²) in [5.41, 5.74) is 26.8. The number of fused-ring (bicyclic) bond motifs is 7. The van der Waals surface area contributed by atoms with Gasteiger partial charge in [-0.25, -0.2) is 0 Å². The van der Waals surface area contributed by atoms with Crippen molar-refractivity contribution in [1.82, 2.24) is 4.57 Å². The van der Waals surface area contributed by atoms with Gasteiger partial charge in [-0.05, 0) is 183 Å². The zero-order valence-electron chi connectivity index (χ0n) is 35.9. The standard InChI is InChI=1S/C54H52BN3/c1-31-16-19-49-45(22-31)55-46-23-32(2)17-20-50(46)58(41-26-35(5)38(8)36(6)27-41)52-30-42(29-51(53(52)55)57(49)40-24-33(3)37(7)34(4)25-40)56-47-15-13-12-14-43(47)44-28-39(54(9,10)11)18-21-48(44)56/h12-30H,1-11H3. The minimum atomic E-state index is 0.0372. The number of nitrogens with zero attached hydrogens (tertiary/aromatic N) is 3. The Kier molecular flexibility index (Phi) is 7.99. The van der Waals surface area contributed by atoms with Crippen LogP contribution in [-0.4, -0.2) is 11.3 Å². The SMILES string of the molecule is Cc1ccc2c(c1)B1c3cc(C)ccc3N(c3cc(C)c(C)c(C)c3)c3cc(-n4c5ccccc5c5cc(C(C)(C)C)ccc54)cc(c31)N2c1cc(C)c(C)c(C)c1. The first kappa shape index (κ1) is 36.4. The molecule has 3 nitrogen and oxygen atoms in total. The van der Waals surface area contributed by atoms with Gasteiger partial charge in [0.2, 0.25) is 0 Å². The Morgan fingerprint density at radius 2 is 0.914 bits per heavy atom. The Bertz CT molecular complexity index is 2860. The lowest BCUT2D eigenvalue weighted by Gasteiger charge is -2.45. The van der Waals surface area contributed by atoms with Crippen molar-refractivity contribution in [3.8, 4) is 5.69 Å². The molecule has 0 aliphatic carbocycles. The van der Waals surface area contributed by atoms with Crippen molar-refractivity contribution in [2.75, 3.05) is 9.80 Å². The van der Waals surface area contributed by atoms with Crippen LogP contribution in [0.25, 0.3) is 27.5 Å². The van der Waals surface area contributed by atoms with Crippen LogP contribution < -0.4 is 26.2 Å². The molecule has 2 aliphatic rings. The number of hydrogen-bond acceptors (Lipinski definition) is 2. The predicted molar refractivity (Wildman–Crippen MR) is 251 cm³/mol. The largest absolute Gasteiger partial charge is 0.311 e. The molecule has 0 bridgehead atoms. The molecule has 4 heteroatoms. The van der Waals surface area contributed by atoms with E-state index in [2.05, 4.69) is 206 Å². The summed E-state index contributed by atoms with van der Waals surface area (Å²) in [7, 11) is 0. The third kappa shape index (κ3) is 5.34. The smallest absolute Gasteiger partial charge is 0.252 e. The van der Waals surface area contributed by atoms with Gasteiger partial charge in [0.15, 0.2) is 0 Å². The molecule has 10 rings (SSSR count). The number of rotatable bonds is 3. The number of para-hydroxylation sites is 1. The molecule has 0 unspecified atom stereocenters. The summed E-state index contributed by atoms with van der Waals surface area (Å²) in [5, 5.41) is 2.56. The van der Waals surface area contributed by atoms with E-state index in [1.54, 1.807) is 0 Å². The van der Waals surface area contributed by atoms with Crippen LogP contribution in [0.15, 0.2) is 115 Å². The van der Waals surface area contributed by atoms with Gasteiger partial charge in [0.1, 0.15) is 0 Å². The zero-order valence-corrected chi connectivity index (χ0v) is 35.9. The van der Waals surface area contributed by atoms with Crippen LogP contribution in [0.5, 0.6) is 0 Å². The Labute approximate surface area is 344 Å². The molecule has 1 aromatic heterocycles. The first-order valence-corrected chi connectivity index (χ1v) is 20.9. The van der Waals surface area contributed by atoms with Crippen molar-refractivity contribution in [1.29, 1.82) is 0 Å². The van der Waals surface area contributed by atoms with Gasteiger partial charge >= 0.3 is 0 Å². The fourth-order valence-corrected chi connectivity index (χ4v) is 9.92. The Hall–Kier alpha value is -6.00. The van der Waals surface area contributed by atoms with Crippen LogP contribution in [0.4, 0.5) is 34.1 Å². The van der Waals surface area contributed by atoms with E-state index < -0.39 is 0 Å². The molecule has 0 saturated heterocycles. The molecular formula is C54H52BN3. The van der Waals surface area contributed by atoms with Crippen molar-refractivity contribution in [3.63, 3.8) is 0 Å². The average molecular weight is 754 g/mol. The van der Waals surface area contributed by atoms with E-state index in [0.29, 0.717) is 0 Å². The van der Waals surface area contributed by atoms with Gasteiger partial charge in [-0.1, -0.05) is 80.4 Å². The summed E-state index contributed by atoms with van der Waals surface area (Å²) < 4.78 is 2.52. The molecule has 0 saturated carbocycles. The van der Waals surface area contributed by atoms with E-state index >= 15 is 0 Å². The molecule has 0 fully saturated rings. The van der Waals surface area contributed by atoms with Crippen LogP contribution in [0.2, 0.25) is 0 Å². The van der Waals surface area contributed by atoms with Crippen molar-refractivity contribution < 1.29 is 0 Å². The van der Waals surface area contributed by atoms with Gasteiger partial charge in [0.05, 0.1) is 16.7 Å². The number of aryl methyl sites for hydroxylation is 6. The highest BCUT2D eigenvalue weighted by molar-refractivity contribution is 7.00. The van der Waals surface area contributed by atoms with Crippen LogP contribution in [0.1, 0.15) is 70.8 Å². The van der Waals surface area contributed by atoms with Gasteiger partial charge in [-0.2, -0.15) is 0 Å². The molecule has 3 heterocycles. The lowest BCUT2D eigenvalue weighted by molar-refractivity contribution is 0.591. The van der Waals surface area contributed by atoms with Crippen molar-refractivity contribution in [2.24, 2.45) is 0 Å². The van der Waals surface area contributed by atoms with E-state index in [-0.39, 0.29) is 12.1 Å². The van der Waals surface area contributed by atoms with Crippen LogP contribution in [0.3, 0.4) is 0 Å². The lowest BCUT2D eigenvalue weighted by atomic mass is 9.33. The third-order valence-electron chi connectivity index (χ3n) is 13.5. The maximum Gasteiger partial charge on any atom is 0.252 e. The lowest BCUT2D eigenvalue weighted by Crippen LogP contribution is -2.61. The number of anilines is 6. The maximum absolute atomic E-state index is 2.57. The zero-order chi connectivity index (χ0) is 40.5. The highest BCUT2D eigenvalue weighted by Gasteiger charge is 2.44. The topological polar surface area (TPSA) is 11.4 Å². The molecule has 0 radical (unpaired) electrons. The van der Waals surface area contributed by atoms with Gasteiger partial charge in [0.25, 0.3) is 6.71 Å². The Balaban J connectivity index is 1.38. The first-order valence-electron chi connectivity index (χ1n) is 20.9. The summed E-state index contributed by atoms with van der Waals surface area (Å²) in [6.45, 7) is 25.0. The fraction of sp³-hybridized carbons (Fsp3) is 0.222. The van der Waals surface area contributed by atoms with Crippen LogP contribution >= 0.6 is 0 Å². The van der Waals surface area contributed by atoms with Crippen LogP contribution in [0, 0.1) is 55.4 Å². The molecule has 0 atom stereocenters. The predicted octanol–water partition coefficient (Wildman–Crippen LogP) is 12.6. The van der Waals surface area contributed by atoms with Gasteiger partial charge in [-0.15, -0.1) is 0 Å². The third-order valence-corrected chi connectivity index (χ3v) is 13.5. The highest BCUT2D eigenvalue weighted by Crippen LogP contribution is 2.47. The monoisotopic (exact) mass is 753 g/mol. The summed E-state index contributed by atoms with van der Waals surface area (Å²) >= 11 is 0. The minimum Gasteiger partial charge on any atom is -0.311 e. The summed E-state index contributed by atoms with van der Waals surface area (Å²) in [6.07, 6.45) is 0. The van der Waals surface area contributed by atoms with Crippen molar-refractivity contribution in [2.45, 2.75) is 81.6 Å². The number of hydrogen-bond donors (Lipinski definition) is 0. The fourth-order valence-electron chi connectivity index (χ4n) is 9.92. The second-order valence-corrected chi connectivity index (χ2v) is 18.4. The van der Waals surface area contributed by atoms with E-state index in [1.807, 2.05) is 0 Å². The average Bonchev–Trinajstić information content (AvgIpc) is 3.52. The van der Waals surface area contributed by atoms with Gasteiger partial charge < -0.3 is 14.4 Å². The first-order chi connectivity index (χ1) is 27.7. The van der Waals surface area contributed by atoms with E-state index in [4.69, 9.17) is 0 Å². The van der Waals surface area contributed by atoms with E-state index in [1.165, 1.54) is 122 Å². The molecule has 2 aliphatic heterocycles. The Morgan fingerprint density at radius 1 is 0.431 bits per heavy atom. The van der Waals surface area contributed by atoms with Gasteiger partial charge in [-0.3, -0.25) is 0 Å². The molecule has 58 heavy (non-hydrogen) atoms. The minimum absolute atomic E-state index is 0.0372. The van der Waals surface area contributed by atoms with Crippen molar-refractivity contribution >= 4 is 79.0 Å². The normalized spacial score (nSPS) is 13.3. The molecule has 0 spiro atoms. The molecule has 7 aromatic carbocycles. The molecule has 286 valence electrons. The van der Waals surface area contributed by atoms with E-state index in [9.17, 15) is 0 Å². The second-order valence-electron chi connectivity index (χ2n) is 18.4. The molecule has 8 aromatic rings. The number of benzene rings is 7. The summed E-state index contributed by atoms with van der Waals surface area (Å²) in [6, 6.07) is 44.9. The summed E-state index contributed by atoms with van der Waals surface area (Å²) in [5.74, 6) is 0. The van der Waals surface area contributed by atoms with Crippen molar-refractivity contribution in [3.05, 3.63) is 165 Å². The summed E-state index contributed by atoms with van der Waals surface area (Å²) in [4.78, 5) is 5.15. The number of aromatic nitrogens is 1. The second kappa shape index (κ2) is 12.8.